The molecule has 0 unspecified atom stereocenters. The number of ether oxygens (including phenoxy) is 5. The van der Waals surface area contributed by atoms with Crippen molar-refractivity contribution in [1.82, 2.24) is 0 Å². The van der Waals surface area contributed by atoms with E-state index in [2.05, 4.69) is 6.07 Å². The Morgan fingerprint density at radius 3 is 2.18 bits per heavy atom. The van der Waals surface area contributed by atoms with Crippen LogP contribution in [0.5, 0.6) is 28.7 Å². The van der Waals surface area contributed by atoms with Crippen LogP contribution >= 0.6 is 0 Å². The molecule has 0 aliphatic carbocycles. The lowest BCUT2D eigenvalue weighted by Crippen LogP contribution is -2.00. The lowest BCUT2D eigenvalue weighted by molar-refractivity contribution is 0.173. The number of hydrogen-bond donors (Lipinski definition) is 0. The van der Waals surface area contributed by atoms with Gasteiger partial charge in [-0.2, -0.15) is 0 Å². The summed E-state index contributed by atoms with van der Waals surface area (Å²) in [5.41, 5.74) is 2.66. The summed E-state index contributed by atoms with van der Waals surface area (Å²) in [6.07, 6.45) is 0. The maximum absolute atomic E-state index is 6.10. The Labute approximate surface area is 196 Å². The molecule has 2 aliphatic rings. The highest BCUT2D eigenvalue weighted by Crippen LogP contribution is 2.39. The number of benzene rings is 2. The lowest BCUT2D eigenvalue weighted by atomic mass is 10.1. The van der Waals surface area contributed by atoms with Crippen molar-refractivity contribution in [3.05, 3.63) is 65.4 Å². The van der Waals surface area contributed by atoms with Crippen LogP contribution in [-0.2, 0) is 0 Å². The summed E-state index contributed by atoms with van der Waals surface area (Å²) >= 11 is 0. The third kappa shape index (κ3) is 3.41. The fourth-order valence-electron chi connectivity index (χ4n) is 4.46. The van der Waals surface area contributed by atoms with Crippen LogP contribution < -0.4 is 29.0 Å². The van der Waals surface area contributed by atoms with Crippen LogP contribution in [0.1, 0.15) is 18.4 Å². The molecule has 0 spiro atoms. The first-order valence-corrected chi connectivity index (χ1v) is 11.2. The van der Waals surface area contributed by atoms with Crippen molar-refractivity contribution in [2.45, 2.75) is 20.8 Å². The van der Waals surface area contributed by atoms with Crippen LogP contribution in [0, 0.1) is 13.8 Å². The lowest BCUT2D eigenvalue weighted by Gasteiger charge is -2.05. The average Bonchev–Trinajstić information content (AvgIpc) is 3.52. The second kappa shape index (κ2) is 8.02. The first-order valence-electron chi connectivity index (χ1n) is 11.2. The second-order valence-corrected chi connectivity index (χ2v) is 8.11. The molecule has 0 N–H and O–H groups in total. The van der Waals surface area contributed by atoms with Crippen molar-refractivity contribution in [1.29, 1.82) is 0 Å². The van der Waals surface area contributed by atoms with Crippen LogP contribution in [0.3, 0.4) is 0 Å². The number of hydrogen-bond acceptors (Lipinski definition) is 7. The molecule has 2 aliphatic heterocycles. The molecule has 0 atom stereocenters. The molecular formula is C27H23NO6. The second-order valence-electron chi connectivity index (χ2n) is 8.11. The maximum Gasteiger partial charge on any atom is 0.231 e. The molecule has 0 saturated carbocycles. The number of aryl methyl sites for hydroxylation is 2. The molecule has 1 aromatic heterocycles. The topological polar surface area (TPSA) is 71.7 Å². The molecule has 0 fully saturated rings. The smallest absolute Gasteiger partial charge is 0.231 e. The minimum Gasteiger partial charge on any atom is -0.493 e. The van der Waals surface area contributed by atoms with Gasteiger partial charge in [0.1, 0.15) is 17.3 Å². The van der Waals surface area contributed by atoms with E-state index >= 15 is 0 Å². The monoisotopic (exact) mass is 457 g/mol. The quantitative estimate of drug-likeness (QED) is 0.385. The van der Waals surface area contributed by atoms with Gasteiger partial charge in [-0.15, -0.1) is 0 Å². The average molecular weight is 457 g/mol. The van der Waals surface area contributed by atoms with Crippen molar-refractivity contribution in [3.63, 3.8) is 0 Å². The molecular weight excluding hydrogens is 434 g/mol. The largest absolute Gasteiger partial charge is 0.493 e. The van der Waals surface area contributed by atoms with Gasteiger partial charge < -0.3 is 28.1 Å². The summed E-state index contributed by atoms with van der Waals surface area (Å²) in [4.78, 5) is 5.01. The van der Waals surface area contributed by atoms with Crippen LogP contribution in [0.4, 0.5) is 5.69 Å². The van der Waals surface area contributed by atoms with Crippen molar-refractivity contribution in [3.8, 4) is 39.9 Å². The number of furan rings is 1. The van der Waals surface area contributed by atoms with Crippen molar-refractivity contribution >= 4 is 16.5 Å². The van der Waals surface area contributed by atoms with Gasteiger partial charge >= 0.3 is 0 Å². The summed E-state index contributed by atoms with van der Waals surface area (Å²) in [5.74, 6) is 5.17. The molecule has 0 saturated heterocycles. The molecule has 0 bridgehead atoms. The predicted molar refractivity (Wildman–Crippen MR) is 126 cm³/mol. The van der Waals surface area contributed by atoms with Crippen LogP contribution in [0.15, 0.2) is 57.9 Å². The van der Waals surface area contributed by atoms with Crippen molar-refractivity contribution in [2.75, 3.05) is 20.2 Å². The van der Waals surface area contributed by atoms with E-state index in [1.54, 1.807) is 0 Å². The molecule has 3 heterocycles. The van der Waals surface area contributed by atoms with Crippen molar-refractivity contribution in [2.24, 2.45) is 4.99 Å². The summed E-state index contributed by atoms with van der Waals surface area (Å²) in [6, 6.07) is 15.7. The molecule has 0 amide bonds. The van der Waals surface area contributed by atoms with Gasteiger partial charge in [-0.3, -0.25) is 0 Å². The van der Waals surface area contributed by atoms with Gasteiger partial charge in [0.15, 0.2) is 23.0 Å². The van der Waals surface area contributed by atoms with E-state index in [0.29, 0.717) is 12.4 Å². The fraction of sp³-hybridized carbons (Fsp3) is 0.222. The molecule has 7 nitrogen and oxygen atoms in total. The Hall–Kier alpha value is -4.13. The Morgan fingerprint density at radius 2 is 1.41 bits per heavy atom. The first-order chi connectivity index (χ1) is 16.6. The number of fused-ring (bicyclic) bond motifs is 3. The normalized spacial score (nSPS) is 14.1. The summed E-state index contributed by atoms with van der Waals surface area (Å²) in [5, 5.41) is 2.58. The Kier molecular flexibility index (Phi) is 4.83. The van der Waals surface area contributed by atoms with Gasteiger partial charge in [-0.1, -0.05) is 6.07 Å². The van der Waals surface area contributed by atoms with Crippen molar-refractivity contribution < 1.29 is 28.1 Å². The molecule has 6 rings (SSSR count). The maximum atomic E-state index is 6.10. The van der Waals surface area contributed by atoms with E-state index < -0.39 is 0 Å². The van der Waals surface area contributed by atoms with Gasteiger partial charge in [0, 0.05) is 6.07 Å². The van der Waals surface area contributed by atoms with E-state index in [1.807, 2.05) is 63.2 Å². The summed E-state index contributed by atoms with van der Waals surface area (Å²) in [6.45, 7) is 6.84. The zero-order valence-electron chi connectivity index (χ0n) is 19.1. The van der Waals surface area contributed by atoms with Crippen LogP contribution in [0.2, 0.25) is 0 Å². The SMILES string of the molecule is CCOc1cc(-c2ccc3c(c2)OCO3)cc(=Nc2ccc3c(c2)OCO3)c2c(C)oc(C)c12. The Balaban J connectivity index is 1.65. The van der Waals surface area contributed by atoms with Crippen LogP contribution in [0.25, 0.3) is 21.9 Å². The van der Waals surface area contributed by atoms with E-state index in [0.717, 1.165) is 67.5 Å². The van der Waals surface area contributed by atoms with Gasteiger partial charge in [-0.25, -0.2) is 4.99 Å². The molecule has 34 heavy (non-hydrogen) atoms. The molecule has 172 valence electrons. The van der Waals surface area contributed by atoms with Gasteiger partial charge in [0.05, 0.1) is 28.4 Å². The van der Waals surface area contributed by atoms with Gasteiger partial charge in [0.2, 0.25) is 13.6 Å². The molecule has 3 aromatic carbocycles. The highest BCUT2D eigenvalue weighted by molar-refractivity contribution is 5.93. The molecule has 0 radical (unpaired) electrons. The standard InChI is InChI=1S/C27H23NO6/c1-4-29-25-11-18(17-5-7-21-23(10-17)32-13-30-21)9-20(26-15(2)34-16(3)27(25)26)28-19-6-8-22-24(12-19)33-14-31-22/h5-12H,4,13-14H2,1-3H3. The third-order valence-electron chi connectivity index (χ3n) is 5.95. The minimum atomic E-state index is 0.218. The zero-order chi connectivity index (χ0) is 23.2. The third-order valence-corrected chi connectivity index (χ3v) is 5.95. The van der Waals surface area contributed by atoms with E-state index in [1.165, 1.54) is 0 Å². The Morgan fingerprint density at radius 1 is 0.735 bits per heavy atom. The highest BCUT2D eigenvalue weighted by atomic mass is 16.7. The fourth-order valence-corrected chi connectivity index (χ4v) is 4.46. The Bertz CT molecular complexity index is 1500. The summed E-state index contributed by atoms with van der Waals surface area (Å²) < 4.78 is 34.2. The highest BCUT2D eigenvalue weighted by Gasteiger charge is 2.18. The van der Waals surface area contributed by atoms with E-state index in [9.17, 15) is 0 Å². The van der Waals surface area contributed by atoms with E-state index in [4.69, 9.17) is 33.1 Å². The number of nitrogens with zero attached hydrogens (tertiary/aromatic N) is 1. The zero-order valence-corrected chi connectivity index (χ0v) is 19.1. The first kappa shape index (κ1) is 20.5. The predicted octanol–water partition coefficient (Wildman–Crippen LogP) is 5.81. The van der Waals surface area contributed by atoms with Gasteiger partial charge in [-0.05, 0) is 68.3 Å². The van der Waals surface area contributed by atoms with Gasteiger partial charge in [0.25, 0.3) is 0 Å². The molecule has 7 heteroatoms. The van der Waals surface area contributed by atoms with E-state index in [-0.39, 0.29) is 13.6 Å². The minimum absolute atomic E-state index is 0.218. The number of rotatable bonds is 4. The summed E-state index contributed by atoms with van der Waals surface area (Å²) in [7, 11) is 0. The van der Waals surface area contributed by atoms with Crippen LogP contribution in [-0.4, -0.2) is 20.2 Å². The molecule has 4 aromatic rings.